The first-order valence-corrected chi connectivity index (χ1v) is 31.0. The molecule has 0 atom stereocenters. The quantitative estimate of drug-likeness (QED) is 0.0303. The van der Waals surface area contributed by atoms with E-state index in [0.717, 1.165) is 118 Å². The van der Waals surface area contributed by atoms with Gasteiger partial charge in [-0.3, -0.25) is 0 Å². The maximum Gasteiger partial charge on any atom is 0.160 e. The Balaban J connectivity index is 0.992. The Kier molecular flexibility index (Phi) is 27.7. The topological polar surface area (TPSA) is 53.5 Å². The van der Waals surface area contributed by atoms with Gasteiger partial charge in [-0.15, -0.1) is 0 Å². The highest BCUT2D eigenvalue weighted by Crippen LogP contribution is 2.29. The average Bonchev–Trinajstić information content (AvgIpc) is 3.52. The predicted octanol–water partition coefficient (Wildman–Crippen LogP) is 20.2. The summed E-state index contributed by atoms with van der Waals surface area (Å²) in [5.41, 5.74) is 10.1. The molecule has 1 heterocycles. The fourth-order valence-electron chi connectivity index (χ4n) is 9.64. The Morgan fingerprint density at radius 3 is 0.741 bits per heavy atom. The van der Waals surface area contributed by atoms with E-state index in [2.05, 4.69) is 123 Å². The van der Waals surface area contributed by atoms with E-state index in [1.165, 1.54) is 135 Å². The molecule has 7 aromatic rings. The minimum Gasteiger partial charge on any atom is -0.494 e. The second kappa shape index (κ2) is 36.7. The van der Waals surface area contributed by atoms with Crippen molar-refractivity contribution in [1.29, 1.82) is 0 Å². The van der Waals surface area contributed by atoms with Crippen LogP contribution in [0.25, 0.3) is 33.9 Å². The van der Waals surface area contributed by atoms with Gasteiger partial charge >= 0.3 is 0 Å². The highest BCUT2D eigenvalue weighted by molar-refractivity contribution is 5.73. The molecule has 7 rings (SSSR count). The number of unbranched alkanes of at least 4 members (excludes halogenated alkanes) is 21. The second-order valence-electron chi connectivity index (χ2n) is 21.5. The van der Waals surface area contributed by atoms with Crippen molar-refractivity contribution in [2.75, 3.05) is 19.8 Å². The number of rotatable bonds is 33. The third kappa shape index (κ3) is 23.2. The van der Waals surface area contributed by atoms with Crippen LogP contribution in [-0.4, -0.2) is 29.8 Å². The summed E-state index contributed by atoms with van der Waals surface area (Å²) in [6.45, 7) is 9.06. The number of nitrogens with zero attached hydrogens (tertiary/aromatic N) is 2. The standard InChI is InChI=1S/C76H88N2O3/c1-4-7-10-13-16-19-22-25-58-79-71-52-40-65(41-53-71)31-28-62-34-46-68(47-35-62)74-61-75(69-48-36-63(37-49-69)29-32-66-42-54-72(55-43-66)80-59-26-23-20-17-14-11-8-5-2)78-76(77-74)70-50-38-64(39-51-70)30-33-67-44-56-73(57-45-67)81-60-27-24-21-18-15-12-9-6-3/h34-57,61H,4-27,58-60H2,1-3H3. The fraction of sp³-hybridized carbons (Fsp3) is 0.395. The van der Waals surface area contributed by atoms with Gasteiger partial charge in [-0.1, -0.05) is 215 Å². The molecule has 0 saturated heterocycles. The molecule has 0 amide bonds. The SMILES string of the molecule is CCCCCCCCCCOc1ccc(C#Cc2ccc(-c3cc(-c4ccc(C#Cc5ccc(OCCCCCCCCCC)cc5)cc4)nc(-c4ccc(C#Cc5ccc(OCCCCCCCCCC)cc5)cc4)n3)cc2)cc1. The van der Waals surface area contributed by atoms with E-state index in [1.54, 1.807) is 0 Å². The molecule has 81 heavy (non-hydrogen) atoms. The van der Waals surface area contributed by atoms with Gasteiger partial charge in [0.1, 0.15) is 17.2 Å². The van der Waals surface area contributed by atoms with E-state index in [4.69, 9.17) is 24.2 Å². The lowest BCUT2D eigenvalue weighted by atomic mass is 10.0. The Hall–Kier alpha value is -7.52. The Labute approximate surface area is 488 Å². The molecule has 6 aromatic carbocycles. The highest BCUT2D eigenvalue weighted by atomic mass is 16.5. The summed E-state index contributed by atoms with van der Waals surface area (Å²) >= 11 is 0. The lowest BCUT2D eigenvalue weighted by Crippen LogP contribution is -1.97. The first-order chi connectivity index (χ1) is 40.0. The maximum atomic E-state index is 6.03. The molecular weight excluding hydrogens is 989 g/mol. The van der Waals surface area contributed by atoms with Gasteiger partial charge in [0, 0.05) is 50.1 Å². The van der Waals surface area contributed by atoms with E-state index in [0.29, 0.717) is 5.82 Å². The van der Waals surface area contributed by atoms with Crippen molar-refractivity contribution in [1.82, 2.24) is 9.97 Å². The smallest absolute Gasteiger partial charge is 0.160 e. The minimum atomic E-state index is 0.632. The van der Waals surface area contributed by atoms with E-state index in [1.807, 2.05) is 84.9 Å². The summed E-state index contributed by atoms with van der Waals surface area (Å²) in [7, 11) is 0. The van der Waals surface area contributed by atoms with Crippen LogP contribution in [0.4, 0.5) is 0 Å². The van der Waals surface area contributed by atoms with Crippen LogP contribution in [0.3, 0.4) is 0 Å². The molecule has 5 heteroatoms. The molecule has 0 radical (unpaired) electrons. The molecule has 0 aliphatic heterocycles. The summed E-state index contributed by atoms with van der Waals surface area (Å²) in [4.78, 5) is 10.3. The molecule has 0 fully saturated rings. The van der Waals surface area contributed by atoms with Gasteiger partial charge < -0.3 is 14.2 Å². The van der Waals surface area contributed by atoms with E-state index < -0.39 is 0 Å². The van der Waals surface area contributed by atoms with Crippen molar-refractivity contribution in [3.63, 3.8) is 0 Å². The number of ether oxygens (including phenoxy) is 3. The van der Waals surface area contributed by atoms with Crippen LogP contribution < -0.4 is 14.2 Å². The van der Waals surface area contributed by atoms with Crippen molar-refractivity contribution in [3.05, 3.63) is 185 Å². The molecule has 0 unspecified atom stereocenters. The van der Waals surface area contributed by atoms with Gasteiger partial charge in [0.05, 0.1) is 31.2 Å². The zero-order valence-electron chi connectivity index (χ0n) is 49.1. The molecule has 0 spiro atoms. The van der Waals surface area contributed by atoms with Crippen molar-refractivity contribution in [3.8, 4) is 86.7 Å². The first-order valence-electron chi connectivity index (χ1n) is 31.0. The van der Waals surface area contributed by atoms with Crippen LogP contribution >= 0.6 is 0 Å². The molecule has 5 nitrogen and oxygen atoms in total. The molecule has 0 saturated carbocycles. The summed E-state index contributed by atoms with van der Waals surface area (Å²) < 4.78 is 18.1. The van der Waals surface area contributed by atoms with Crippen molar-refractivity contribution in [2.45, 2.75) is 175 Å². The van der Waals surface area contributed by atoms with Gasteiger partial charge in [-0.25, -0.2) is 9.97 Å². The molecular formula is C76H88N2O3. The zero-order valence-corrected chi connectivity index (χ0v) is 49.1. The maximum absolute atomic E-state index is 6.03. The summed E-state index contributed by atoms with van der Waals surface area (Å²) in [6.07, 6.45) is 30.9. The number of hydrogen-bond acceptors (Lipinski definition) is 5. The van der Waals surface area contributed by atoms with E-state index in [-0.39, 0.29) is 0 Å². The molecule has 0 aliphatic carbocycles. The number of hydrogen-bond donors (Lipinski definition) is 0. The predicted molar refractivity (Wildman–Crippen MR) is 340 cm³/mol. The van der Waals surface area contributed by atoms with Gasteiger partial charge in [0.25, 0.3) is 0 Å². The summed E-state index contributed by atoms with van der Waals surface area (Å²) in [6, 6.07) is 51.2. The van der Waals surface area contributed by atoms with Gasteiger partial charge in [-0.05, 0) is 147 Å². The Bertz CT molecular complexity index is 2700. The Morgan fingerprint density at radius 2 is 0.481 bits per heavy atom. The third-order valence-corrected chi connectivity index (χ3v) is 14.6. The van der Waals surface area contributed by atoms with Gasteiger partial charge in [0.15, 0.2) is 5.82 Å². The first kappa shape index (κ1) is 61.1. The average molecular weight is 1080 g/mol. The van der Waals surface area contributed by atoms with E-state index in [9.17, 15) is 0 Å². The normalized spacial score (nSPS) is 10.7. The van der Waals surface area contributed by atoms with Crippen LogP contribution in [0.5, 0.6) is 17.2 Å². The largest absolute Gasteiger partial charge is 0.494 e. The van der Waals surface area contributed by atoms with Crippen LogP contribution in [0, 0.1) is 35.5 Å². The molecule has 0 aliphatic rings. The monoisotopic (exact) mass is 1080 g/mol. The van der Waals surface area contributed by atoms with Crippen molar-refractivity contribution < 1.29 is 14.2 Å². The molecule has 0 bridgehead atoms. The van der Waals surface area contributed by atoms with Crippen LogP contribution in [0.1, 0.15) is 208 Å². The van der Waals surface area contributed by atoms with Crippen molar-refractivity contribution in [2.24, 2.45) is 0 Å². The number of benzene rings is 6. The minimum absolute atomic E-state index is 0.632. The molecule has 1 aromatic heterocycles. The zero-order chi connectivity index (χ0) is 56.2. The van der Waals surface area contributed by atoms with Crippen molar-refractivity contribution >= 4 is 0 Å². The highest BCUT2D eigenvalue weighted by Gasteiger charge is 2.12. The van der Waals surface area contributed by atoms with Gasteiger partial charge in [0.2, 0.25) is 0 Å². The lowest BCUT2D eigenvalue weighted by Gasteiger charge is -2.10. The summed E-state index contributed by atoms with van der Waals surface area (Å²) in [5, 5.41) is 0. The Morgan fingerprint density at radius 1 is 0.259 bits per heavy atom. The lowest BCUT2D eigenvalue weighted by molar-refractivity contribution is 0.304. The summed E-state index contributed by atoms with van der Waals surface area (Å²) in [5.74, 6) is 23.4. The molecule has 420 valence electrons. The fourth-order valence-corrected chi connectivity index (χ4v) is 9.64. The van der Waals surface area contributed by atoms with Crippen LogP contribution in [-0.2, 0) is 0 Å². The molecule has 0 N–H and O–H groups in total. The van der Waals surface area contributed by atoms with Crippen LogP contribution in [0.2, 0.25) is 0 Å². The number of aromatic nitrogens is 2. The van der Waals surface area contributed by atoms with Crippen LogP contribution in [0.15, 0.2) is 152 Å². The van der Waals surface area contributed by atoms with E-state index >= 15 is 0 Å². The third-order valence-electron chi connectivity index (χ3n) is 14.6. The second-order valence-corrected chi connectivity index (χ2v) is 21.5. The van der Waals surface area contributed by atoms with Gasteiger partial charge in [-0.2, -0.15) is 0 Å².